The summed E-state index contributed by atoms with van der Waals surface area (Å²) in [5, 5.41) is 9.10. The van der Waals surface area contributed by atoms with E-state index in [1.807, 2.05) is 10.3 Å². The molecule has 0 unspecified atom stereocenters. The van der Waals surface area contributed by atoms with Gasteiger partial charge in [-0.3, -0.25) is 9.59 Å². The van der Waals surface area contributed by atoms with Crippen LogP contribution in [0.25, 0.3) is 20.7 Å². The van der Waals surface area contributed by atoms with E-state index in [1.54, 1.807) is 24.4 Å². The summed E-state index contributed by atoms with van der Waals surface area (Å²) in [5.74, 6) is 0.949. The van der Waals surface area contributed by atoms with Crippen LogP contribution in [0.2, 0.25) is 0 Å². The molecule has 2 atom stereocenters. The number of hydrogen-bond donors (Lipinski definition) is 4. The van der Waals surface area contributed by atoms with Crippen LogP contribution in [0.15, 0.2) is 39.0 Å². The van der Waals surface area contributed by atoms with E-state index in [0.29, 0.717) is 65.3 Å². The molecule has 5 heterocycles. The number of pyridine rings is 1. The molecule has 0 aromatic carbocycles. The first-order valence-electron chi connectivity index (χ1n) is 13.0. The summed E-state index contributed by atoms with van der Waals surface area (Å²) >= 11 is 2.73. The maximum absolute atomic E-state index is 12.8. The minimum Gasteiger partial charge on any atom is -0.439 e. The van der Waals surface area contributed by atoms with Crippen LogP contribution in [0.1, 0.15) is 36.0 Å². The minimum absolute atomic E-state index is 0.0704. The van der Waals surface area contributed by atoms with Crippen molar-refractivity contribution < 1.29 is 19.7 Å². The lowest BCUT2D eigenvalue weighted by atomic mass is 9.91. The molecule has 204 valence electrons. The van der Waals surface area contributed by atoms with E-state index < -0.39 is 5.91 Å². The van der Waals surface area contributed by atoms with Crippen molar-refractivity contribution in [1.29, 1.82) is 0 Å². The Morgan fingerprint density at radius 2 is 2.03 bits per heavy atom. The van der Waals surface area contributed by atoms with Crippen molar-refractivity contribution in [2.45, 2.75) is 37.8 Å². The van der Waals surface area contributed by atoms with E-state index in [1.165, 1.54) is 29.1 Å². The monoisotopic (exact) mass is 568 g/mol. The molecule has 1 saturated heterocycles. The molecule has 4 aromatic rings. The van der Waals surface area contributed by atoms with Gasteiger partial charge < -0.3 is 36.2 Å². The van der Waals surface area contributed by atoms with Crippen LogP contribution in [-0.4, -0.2) is 54.3 Å². The van der Waals surface area contributed by atoms with Gasteiger partial charge in [0.2, 0.25) is 5.43 Å². The number of amides is 1. The van der Waals surface area contributed by atoms with E-state index >= 15 is 0 Å². The summed E-state index contributed by atoms with van der Waals surface area (Å²) in [6.45, 7) is 2.52. The lowest BCUT2D eigenvalue weighted by molar-refractivity contribution is -0.427. The van der Waals surface area contributed by atoms with Crippen molar-refractivity contribution in [2.24, 2.45) is 5.73 Å². The molecule has 0 radical (unpaired) electrons. The van der Waals surface area contributed by atoms with Gasteiger partial charge in [-0.05, 0) is 25.0 Å². The highest BCUT2D eigenvalue weighted by Crippen LogP contribution is 2.39. The molecule has 39 heavy (non-hydrogen) atoms. The Balaban J connectivity index is 1.28. The average Bonchev–Trinajstić information content (AvgIpc) is 3.58. The number of nitrogens with one attached hydrogen (secondary N) is 2. The van der Waals surface area contributed by atoms with Crippen LogP contribution in [0.5, 0.6) is 0 Å². The molecule has 7 N–H and O–H groups in total. The van der Waals surface area contributed by atoms with Crippen LogP contribution < -0.4 is 32.4 Å². The van der Waals surface area contributed by atoms with E-state index in [0.717, 1.165) is 29.7 Å². The number of fused-ring (bicyclic) bond motifs is 1. The normalized spacial score (nSPS) is 19.8. The van der Waals surface area contributed by atoms with Gasteiger partial charge in [-0.2, -0.15) is 0 Å². The summed E-state index contributed by atoms with van der Waals surface area (Å²) in [6.07, 6.45) is 6.18. The van der Waals surface area contributed by atoms with Gasteiger partial charge in [-0.15, -0.1) is 11.3 Å². The second-order valence-electron chi connectivity index (χ2n) is 9.76. The average molecular weight is 569 g/mol. The Morgan fingerprint density at radius 1 is 1.21 bits per heavy atom. The van der Waals surface area contributed by atoms with Gasteiger partial charge in [0.15, 0.2) is 16.6 Å². The molecule has 2 aliphatic rings. The van der Waals surface area contributed by atoms with Crippen molar-refractivity contribution in [3.05, 3.63) is 45.6 Å². The second-order valence-corrected chi connectivity index (χ2v) is 11.7. The Labute approximate surface area is 232 Å². The van der Waals surface area contributed by atoms with Gasteiger partial charge in [0.05, 0.1) is 29.7 Å². The zero-order valence-corrected chi connectivity index (χ0v) is 22.9. The first kappa shape index (κ1) is 25.7. The zero-order valence-electron chi connectivity index (χ0n) is 21.3. The number of nitrogens with zero attached hydrogens (tertiary/aromatic N) is 3. The Hall–Kier alpha value is -3.52. The maximum atomic E-state index is 12.8. The van der Waals surface area contributed by atoms with Gasteiger partial charge in [0.25, 0.3) is 5.91 Å². The highest BCUT2D eigenvalue weighted by Gasteiger charge is 2.25. The van der Waals surface area contributed by atoms with Crippen LogP contribution >= 0.6 is 22.7 Å². The number of ether oxygens (including phenoxy) is 1. The molecule has 1 amide bonds. The number of aromatic nitrogens is 2. The van der Waals surface area contributed by atoms with Crippen LogP contribution in [-0.2, 0) is 4.74 Å². The quantitative estimate of drug-likeness (QED) is 0.262. The smallest absolute Gasteiger partial charge is 0.252 e. The third-order valence-corrected chi connectivity index (χ3v) is 9.07. The lowest BCUT2D eigenvalue weighted by Crippen LogP contribution is -2.68. The van der Waals surface area contributed by atoms with Crippen molar-refractivity contribution in [1.82, 2.24) is 9.97 Å². The highest BCUT2D eigenvalue weighted by atomic mass is 32.1. The van der Waals surface area contributed by atoms with E-state index in [4.69, 9.17) is 14.9 Å². The van der Waals surface area contributed by atoms with Crippen LogP contribution in [0, 0.1) is 0 Å². The molecule has 4 aromatic heterocycles. The molecule has 1 aliphatic heterocycles. The van der Waals surface area contributed by atoms with E-state index in [9.17, 15) is 9.59 Å². The van der Waals surface area contributed by atoms with Gasteiger partial charge >= 0.3 is 0 Å². The SMILES string of the molecule is NC(=O)c1ccc(N[C@H]2CCCC[C@H]2[NH3+])nc1Nc1ncc(-c2csc3c(=O)cc(N4CCOCC4)oc23)s1. The van der Waals surface area contributed by atoms with Crippen molar-refractivity contribution in [2.75, 3.05) is 41.8 Å². The number of anilines is 4. The van der Waals surface area contributed by atoms with Crippen molar-refractivity contribution in [3.63, 3.8) is 0 Å². The summed E-state index contributed by atoms with van der Waals surface area (Å²) in [4.78, 5) is 37.0. The maximum Gasteiger partial charge on any atom is 0.252 e. The number of thiophene rings is 1. The topological polar surface area (TPSA) is 163 Å². The number of primary amides is 1. The van der Waals surface area contributed by atoms with Gasteiger partial charge in [0, 0.05) is 42.7 Å². The predicted octanol–water partition coefficient (Wildman–Crippen LogP) is 3.02. The molecular weight excluding hydrogens is 538 g/mol. The second kappa shape index (κ2) is 10.9. The van der Waals surface area contributed by atoms with E-state index in [2.05, 4.69) is 26.3 Å². The predicted molar refractivity (Wildman–Crippen MR) is 153 cm³/mol. The number of thiazole rings is 1. The third kappa shape index (κ3) is 5.35. The van der Waals surface area contributed by atoms with E-state index in [-0.39, 0.29) is 17.0 Å². The van der Waals surface area contributed by atoms with Crippen molar-refractivity contribution in [3.8, 4) is 10.4 Å². The Morgan fingerprint density at radius 3 is 2.82 bits per heavy atom. The number of hydrogen-bond acceptors (Lipinski definition) is 11. The van der Waals surface area contributed by atoms with Crippen LogP contribution in [0.4, 0.5) is 22.7 Å². The number of quaternary nitrogens is 1. The molecule has 13 heteroatoms. The standard InChI is InChI=1S/C26H29N7O4S2/c27-16-3-1-2-4-17(16)30-20-6-5-14(24(28)35)25(31-20)32-26-29-12-19(39-26)15-13-38-23-18(34)11-21(37-22(15)23)33-7-9-36-10-8-33/h5-6,11-13,16-17H,1-4,7-10,27H2,(H2,28,35)(H2,29,30,31,32)/p+1/t16-,17+/m1/s1. The molecule has 0 bridgehead atoms. The first-order valence-corrected chi connectivity index (χ1v) is 14.7. The third-order valence-electron chi connectivity index (χ3n) is 7.15. The number of nitrogens with two attached hydrogens (primary N) is 1. The lowest BCUT2D eigenvalue weighted by Gasteiger charge is -2.27. The fourth-order valence-corrected chi connectivity index (χ4v) is 6.83. The summed E-state index contributed by atoms with van der Waals surface area (Å²) in [5.41, 5.74) is 11.5. The number of carbonyl (C=O) groups is 1. The summed E-state index contributed by atoms with van der Waals surface area (Å²) in [6, 6.07) is 5.53. The number of rotatable bonds is 7. The zero-order chi connectivity index (χ0) is 26.9. The fraction of sp³-hybridized carbons (Fsp3) is 0.385. The molecule has 1 saturated carbocycles. The Bertz CT molecular complexity index is 1560. The summed E-state index contributed by atoms with van der Waals surface area (Å²) < 4.78 is 12.2. The van der Waals surface area contributed by atoms with Crippen LogP contribution in [0.3, 0.4) is 0 Å². The molecular formula is C26H30N7O4S2+. The highest BCUT2D eigenvalue weighted by molar-refractivity contribution is 7.20. The number of morpholine rings is 1. The minimum atomic E-state index is -0.581. The molecule has 11 nitrogen and oxygen atoms in total. The van der Waals surface area contributed by atoms with Gasteiger partial charge in [0.1, 0.15) is 22.4 Å². The molecule has 6 rings (SSSR count). The summed E-state index contributed by atoms with van der Waals surface area (Å²) in [7, 11) is 0. The van der Waals surface area contributed by atoms with Gasteiger partial charge in [-0.1, -0.05) is 17.8 Å². The Kier molecular flexibility index (Phi) is 7.21. The molecule has 1 aliphatic carbocycles. The fourth-order valence-electron chi connectivity index (χ4n) is 5.02. The first-order chi connectivity index (χ1) is 19.0. The largest absolute Gasteiger partial charge is 0.439 e. The molecule has 2 fully saturated rings. The van der Waals surface area contributed by atoms with Gasteiger partial charge in [-0.25, -0.2) is 9.97 Å². The van der Waals surface area contributed by atoms with Crippen molar-refractivity contribution >= 4 is 61.5 Å². The number of carbonyl (C=O) groups excluding carboxylic acids is 1. The molecule has 0 spiro atoms.